The van der Waals surface area contributed by atoms with Gasteiger partial charge in [0.25, 0.3) is 0 Å². The van der Waals surface area contributed by atoms with Crippen LogP contribution >= 0.6 is 23.5 Å². The van der Waals surface area contributed by atoms with Crippen molar-refractivity contribution < 1.29 is 0 Å². The maximum atomic E-state index is 3.86. The maximum Gasteiger partial charge on any atom is 0.0148 e. The van der Waals surface area contributed by atoms with Gasteiger partial charge in [-0.05, 0) is 93.4 Å². The lowest BCUT2D eigenvalue weighted by Gasteiger charge is -2.10. The van der Waals surface area contributed by atoms with Gasteiger partial charge in [-0.1, -0.05) is 60.7 Å². The molecule has 0 radical (unpaired) electrons. The second kappa shape index (κ2) is 10.3. The number of rotatable bonds is 8. The van der Waals surface area contributed by atoms with E-state index < -0.39 is 0 Å². The standard InChI is InChI=1S/C30H28S2/c1-5-7-21-9-11-23-17-25(29(31-3)19-27(23)15-21)13-14-26-18-24-12-10-22(8-6-2)16-28(24)20-30(26)32-4/h5-6,9-20H,1-2,7-8H2,3-4H3. The Labute approximate surface area is 200 Å². The zero-order valence-electron chi connectivity index (χ0n) is 18.7. The quantitative estimate of drug-likeness (QED) is 0.148. The third-order valence-electron chi connectivity index (χ3n) is 5.71. The van der Waals surface area contributed by atoms with Gasteiger partial charge in [-0.2, -0.15) is 0 Å². The molecule has 0 aliphatic carbocycles. The van der Waals surface area contributed by atoms with Crippen molar-refractivity contribution in [2.24, 2.45) is 0 Å². The largest absolute Gasteiger partial charge is 0.129 e. The highest BCUT2D eigenvalue weighted by Crippen LogP contribution is 2.32. The van der Waals surface area contributed by atoms with E-state index >= 15 is 0 Å². The molecule has 0 N–H and O–H groups in total. The number of allylic oxidation sites excluding steroid dienone is 2. The molecule has 0 atom stereocenters. The second-order valence-electron chi connectivity index (χ2n) is 7.87. The van der Waals surface area contributed by atoms with E-state index in [1.165, 1.54) is 53.6 Å². The van der Waals surface area contributed by atoms with Crippen molar-refractivity contribution in [3.8, 4) is 0 Å². The first-order chi connectivity index (χ1) is 15.6. The lowest BCUT2D eigenvalue weighted by atomic mass is 10.0. The summed E-state index contributed by atoms with van der Waals surface area (Å²) in [5.41, 5.74) is 5.13. The fourth-order valence-corrected chi connectivity index (χ4v) is 5.28. The van der Waals surface area contributed by atoms with Crippen LogP contribution in [0.15, 0.2) is 95.8 Å². The monoisotopic (exact) mass is 452 g/mol. The molecule has 2 heteroatoms. The Bertz CT molecular complexity index is 1220. The van der Waals surface area contributed by atoms with E-state index in [2.05, 4.69) is 98.5 Å². The normalized spacial score (nSPS) is 11.4. The highest BCUT2D eigenvalue weighted by atomic mass is 32.2. The summed E-state index contributed by atoms with van der Waals surface area (Å²) in [6, 6.07) is 22.6. The van der Waals surface area contributed by atoms with Crippen LogP contribution in [-0.4, -0.2) is 12.5 Å². The van der Waals surface area contributed by atoms with Crippen LogP contribution in [0, 0.1) is 0 Å². The molecule has 0 fully saturated rings. The second-order valence-corrected chi connectivity index (χ2v) is 9.57. The number of fused-ring (bicyclic) bond motifs is 2. The topological polar surface area (TPSA) is 0 Å². The lowest BCUT2D eigenvalue weighted by Crippen LogP contribution is -1.87. The van der Waals surface area contributed by atoms with E-state index in [9.17, 15) is 0 Å². The average Bonchev–Trinajstić information content (AvgIpc) is 2.82. The highest BCUT2D eigenvalue weighted by molar-refractivity contribution is 7.99. The molecule has 0 saturated carbocycles. The van der Waals surface area contributed by atoms with Crippen LogP contribution in [0.5, 0.6) is 0 Å². The van der Waals surface area contributed by atoms with Gasteiger partial charge >= 0.3 is 0 Å². The van der Waals surface area contributed by atoms with Crippen molar-refractivity contribution in [1.82, 2.24) is 0 Å². The fraction of sp³-hybridized carbons (Fsp3) is 0.133. The summed E-state index contributed by atoms with van der Waals surface area (Å²) in [6.07, 6.45) is 14.5. The summed E-state index contributed by atoms with van der Waals surface area (Å²) in [7, 11) is 0. The number of benzene rings is 4. The molecule has 0 bridgehead atoms. The van der Waals surface area contributed by atoms with E-state index in [-0.39, 0.29) is 0 Å². The van der Waals surface area contributed by atoms with Gasteiger partial charge in [-0.3, -0.25) is 0 Å². The first-order valence-electron chi connectivity index (χ1n) is 10.8. The molecular formula is C30H28S2. The van der Waals surface area contributed by atoms with Crippen LogP contribution in [0.4, 0.5) is 0 Å². The summed E-state index contributed by atoms with van der Waals surface area (Å²) in [5.74, 6) is 0. The van der Waals surface area contributed by atoms with Crippen molar-refractivity contribution in [2.75, 3.05) is 12.5 Å². The van der Waals surface area contributed by atoms with Gasteiger partial charge in [0.15, 0.2) is 0 Å². The Balaban J connectivity index is 1.73. The molecule has 32 heavy (non-hydrogen) atoms. The third kappa shape index (κ3) is 4.87. The minimum Gasteiger partial charge on any atom is -0.129 e. The molecular weight excluding hydrogens is 424 g/mol. The SMILES string of the molecule is C=CCc1ccc2cc(C=Cc3cc4ccc(CC=C)cc4cc3SC)c(SC)cc2c1. The molecule has 4 aromatic carbocycles. The highest BCUT2D eigenvalue weighted by Gasteiger charge is 2.06. The van der Waals surface area contributed by atoms with E-state index in [0.717, 1.165) is 12.8 Å². The Morgan fingerprint density at radius 2 is 1.03 bits per heavy atom. The Hall–Kier alpha value is -2.68. The molecule has 0 nitrogen and oxygen atoms in total. The Morgan fingerprint density at radius 3 is 1.41 bits per heavy atom. The van der Waals surface area contributed by atoms with E-state index in [0.29, 0.717) is 0 Å². The van der Waals surface area contributed by atoms with Gasteiger partial charge in [0.05, 0.1) is 0 Å². The lowest BCUT2D eigenvalue weighted by molar-refractivity contribution is 1.29. The van der Waals surface area contributed by atoms with Crippen molar-refractivity contribution in [3.63, 3.8) is 0 Å². The Kier molecular flexibility index (Phi) is 7.24. The zero-order chi connectivity index (χ0) is 22.5. The molecule has 160 valence electrons. The van der Waals surface area contributed by atoms with Crippen molar-refractivity contribution >= 4 is 57.2 Å². The number of thioether (sulfide) groups is 2. The fourth-order valence-electron chi connectivity index (χ4n) is 4.07. The molecule has 4 rings (SSSR count). The van der Waals surface area contributed by atoms with Gasteiger partial charge in [0.2, 0.25) is 0 Å². The zero-order valence-corrected chi connectivity index (χ0v) is 20.4. The minimum absolute atomic E-state index is 0.903. The predicted molar refractivity (Wildman–Crippen MR) is 148 cm³/mol. The van der Waals surface area contributed by atoms with E-state index in [1.54, 1.807) is 23.5 Å². The maximum absolute atomic E-state index is 3.86. The molecule has 0 heterocycles. The van der Waals surface area contributed by atoms with Gasteiger partial charge in [-0.25, -0.2) is 0 Å². The summed E-state index contributed by atoms with van der Waals surface area (Å²) in [5, 5.41) is 5.12. The summed E-state index contributed by atoms with van der Waals surface area (Å²) in [4.78, 5) is 2.59. The van der Waals surface area contributed by atoms with Gasteiger partial charge < -0.3 is 0 Å². The average molecular weight is 453 g/mol. The predicted octanol–water partition coefficient (Wildman–Crippen LogP) is 9.06. The molecule has 0 spiro atoms. The van der Waals surface area contributed by atoms with Crippen molar-refractivity contribution in [2.45, 2.75) is 22.6 Å². The first-order valence-corrected chi connectivity index (χ1v) is 13.2. The summed E-state index contributed by atoms with van der Waals surface area (Å²) >= 11 is 3.60. The summed E-state index contributed by atoms with van der Waals surface area (Å²) < 4.78 is 0. The molecule has 0 unspecified atom stereocenters. The number of hydrogen-bond donors (Lipinski definition) is 0. The van der Waals surface area contributed by atoms with Crippen LogP contribution in [-0.2, 0) is 12.8 Å². The minimum atomic E-state index is 0.903. The molecule has 0 aromatic heterocycles. The van der Waals surface area contributed by atoms with Gasteiger partial charge in [-0.15, -0.1) is 36.7 Å². The third-order valence-corrected chi connectivity index (χ3v) is 7.30. The molecule has 4 aromatic rings. The van der Waals surface area contributed by atoms with Crippen LogP contribution in [0.2, 0.25) is 0 Å². The smallest absolute Gasteiger partial charge is 0.0148 e. The number of hydrogen-bond acceptors (Lipinski definition) is 2. The summed E-state index contributed by atoms with van der Waals surface area (Å²) in [6.45, 7) is 7.73. The van der Waals surface area contributed by atoms with Crippen LogP contribution < -0.4 is 0 Å². The molecule has 0 amide bonds. The van der Waals surface area contributed by atoms with Gasteiger partial charge in [0.1, 0.15) is 0 Å². The van der Waals surface area contributed by atoms with Crippen molar-refractivity contribution in [1.29, 1.82) is 0 Å². The van der Waals surface area contributed by atoms with Crippen LogP contribution in [0.25, 0.3) is 33.7 Å². The van der Waals surface area contributed by atoms with Crippen LogP contribution in [0.1, 0.15) is 22.3 Å². The van der Waals surface area contributed by atoms with E-state index in [4.69, 9.17) is 0 Å². The van der Waals surface area contributed by atoms with E-state index in [1.807, 2.05) is 12.2 Å². The molecule has 0 saturated heterocycles. The Morgan fingerprint density at radius 1 is 0.594 bits per heavy atom. The molecule has 0 aliphatic heterocycles. The molecule has 0 aliphatic rings. The van der Waals surface area contributed by atoms with Gasteiger partial charge in [0, 0.05) is 9.79 Å². The first kappa shape index (κ1) is 22.5. The van der Waals surface area contributed by atoms with Crippen molar-refractivity contribution in [3.05, 3.63) is 108 Å². The van der Waals surface area contributed by atoms with Crippen LogP contribution in [0.3, 0.4) is 0 Å².